The zero-order valence-electron chi connectivity index (χ0n) is 18.4. The quantitative estimate of drug-likeness (QED) is 0.688. The van der Waals surface area contributed by atoms with Crippen LogP contribution in [0.4, 0.5) is 15.8 Å². The summed E-state index contributed by atoms with van der Waals surface area (Å²) in [5, 5.41) is 0. The lowest BCUT2D eigenvalue weighted by molar-refractivity contribution is 0.0746. The first-order chi connectivity index (χ1) is 14.9. The van der Waals surface area contributed by atoms with Crippen LogP contribution < -0.4 is 9.80 Å². The highest BCUT2D eigenvalue weighted by Crippen LogP contribution is 2.28. The van der Waals surface area contributed by atoms with Crippen LogP contribution in [-0.2, 0) is 0 Å². The predicted octanol–water partition coefficient (Wildman–Crippen LogP) is 4.29. The van der Waals surface area contributed by atoms with Crippen molar-refractivity contribution in [1.82, 2.24) is 4.90 Å². The van der Waals surface area contributed by atoms with Crippen molar-refractivity contribution >= 4 is 23.1 Å². The number of benzene rings is 2. The Hall–Kier alpha value is -2.89. The number of aryl methyl sites for hydroxylation is 1. The van der Waals surface area contributed by atoms with E-state index in [1.807, 2.05) is 22.8 Å². The number of rotatable bonds is 4. The summed E-state index contributed by atoms with van der Waals surface area (Å²) in [5.41, 5.74) is 3.74. The number of carbonyl (C=O) groups excluding carboxylic acids is 2. The molecule has 2 aromatic rings. The fraction of sp³-hybridized carbons (Fsp3) is 0.440. The molecule has 0 aromatic heterocycles. The molecule has 4 rings (SSSR count). The van der Waals surface area contributed by atoms with Gasteiger partial charge in [-0.05, 0) is 63.4 Å². The maximum absolute atomic E-state index is 14.5. The molecule has 2 saturated heterocycles. The lowest BCUT2D eigenvalue weighted by Crippen LogP contribution is -2.49. The van der Waals surface area contributed by atoms with Crippen molar-refractivity contribution in [3.63, 3.8) is 0 Å². The molecular formula is C25H30FN3O2. The average molecular weight is 424 g/mol. The molecule has 0 N–H and O–H groups in total. The van der Waals surface area contributed by atoms with Crippen LogP contribution in [0, 0.1) is 12.7 Å². The lowest BCUT2D eigenvalue weighted by atomic mass is 10.0. The van der Waals surface area contributed by atoms with E-state index in [0.29, 0.717) is 37.4 Å². The molecule has 2 fully saturated rings. The molecule has 0 spiro atoms. The minimum atomic E-state index is -0.390. The molecule has 1 amide bonds. The highest BCUT2D eigenvalue weighted by molar-refractivity contribution is 6.00. The van der Waals surface area contributed by atoms with E-state index in [2.05, 4.69) is 17.0 Å². The highest BCUT2D eigenvalue weighted by Gasteiger charge is 2.27. The Labute approximate surface area is 183 Å². The number of halogens is 1. The van der Waals surface area contributed by atoms with Crippen LogP contribution in [0.5, 0.6) is 0 Å². The minimum Gasteiger partial charge on any atom is -0.371 e. The van der Waals surface area contributed by atoms with Crippen LogP contribution in [0.15, 0.2) is 36.4 Å². The van der Waals surface area contributed by atoms with Gasteiger partial charge in [0, 0.05) is 50.5 Å². The van der Waals surface area contributed by atoms with Gasteiger partial charge in [0.15, 0.2) is 5.78 Å². The van der Waals surface area contributed by atoms with Gasteiger partial charge in [0.1, 0.15) is 5.82 Å². The van der Waals surface area contributed by atoms with Crippen LogP contribution in [0.2, 0.25) is 0 Å². The number of piperazine rings is 1. The number of Topliss-reactive ketones (excluding diaryl/α,β-unsaturated/α-hetero) is 1. The van der Waals surface area contributed by atoms with Crippen LogP contribution in [-0.4, -0.2) is 55.9 Å². The van der Waals surface area contributed by atoms with Crippen LogP contribution in [0.3, 0.4) is 0 Å². The molecule has 0 aliphatic carbocycles. The Kier molecular flexibility index (Phi) is 6.25. The van der Waals surface area contributed by atoms with E-state index in [4.69, 9.17) is 0 Å². The SMILES string of the molecule is CC(=O)c1ccc(N2CCN(C(=O)c3cc(C)ccc3N3CCCCC3)CC2)c(F)c1. The van der Waals surface area contributed by atoms with E-state index in [0.717, 1.165) is 42.7 Å². The van der Waals surface area contributed by atoms with E-state index < -0.39 is 5.82 Å². The van der Waals surface area contributed by atoms with Gasteiger partial charge < -0.3 is 14.7 Å². The van der Waals surface area contributed by atoms with Gasteiger partial charge in [0.25, 0.3) is 5.91 Å². The number of anilines is 2. The van der Waals surface area contributed by atoms with Gasteiger partial charge >= 0.3 is 0 Å². The number of amides is 1. The molecule has 164 valence electrons. The first kappa shape index (κ1) is 21.3. The second kappa shape index (κ2) is 9.08. The molecule has 2 heterocycles. The summed E-state index contributed by atoms with van der Waals surface area (Å²) in [4.78, 5) is 31.0. The zero-order chi connectivity index (χ0) is 22.0. The molecule has 0 saturated carbocycles. The Bertz CT molecular complexity index is 977. The first-order valence-corrected chi connectivity index (χ1v) is 11.1. The lowest BCUT2D eigenvalue weighted by Gasteiger charge is -2.37. The van der Waals surface area contributed by atoms with Crippen molar-refractivity contribution in [2.24, 2.45) is 0 Å². The standard InChI is InChI=1S/C25H30FN3O2/c1-18-6-8-23(27-10-4-3-5-11-27)21(16-18)25(31)29-14-12-28(13-15-29)24-9-7-20(19(2)30)17-22(24)26/h6-9,16-17H,3-5,10-15H2,1-2H3. The summed E-state index contributed by atoms with van der Waals surface area (Å²) >= 11 is 0. The summed E-state index contributed by atoms with van der Waals surface area (Å²) in [7, 11) is 0. The normalized spacial score (nSPS) is 17.1. The Balaban J connectivity index is 1.48. The topological polar surface area (TPSA) is 43.9 Å². The molecule has 2 aliphatic rings. The maximum atomic E-state index is 14.5. The van der Waals surface area contributed by atoms with E-state index >= 15 is 0 Å². The first-order valence-electron chi connectivity index (χ1n) is 11.1. The molecule has 0 unspecified atom stereocenters. The summed E-state index contributed by atoms with van der Waals surface area (Å²) in [6.07, 6.45) is 3.57. The second-order valence-corrected chi connectivity index (χ2v) is 8.57. The highest BCUT2D eigenvalue weighted by atomic mass is 19.1. The molecule has 0 bridgehead atoms. The summed E-state index contributed by atoms with van der Waals surface area (Å²) < 4.78 is 14.5. The van der Waals surface area contributed by atoms with E-state index in [9.17, 15) is 14.0 Å². The van der Waals surface area contributed by atoms with E-state index in [1.54, 1.807) is 12.1 Å². The van der Waals surface area contributed by atoms with Gasteiger partial charge in [-0.25, -0.2) is 4.39 Å². The molecule has 6 heteroatoms. The Morgan fingerprint density at radius 3 is 2.10 bits per heavy atom. The molecule has 0 atom stereocenters. The molecule has 31 heavy (non-hydrogen) atoms. The smallest absolute Gasteiger partial charge is 0.256 e. The molecule has 2 aromatic carbocycles. The van der Waals surface area contributed by atoms with Gasteiger partial charge in [0.05, 0.1) is 11.3 Å². The number of carbonyl (C=O) groups is 2. The van der Waals surface area contributed by atoms with Gasteiger partial charge in [0.2, 0.25) is 0 Å². The third-order valence-electron chi connectivity index (χ3n) is 6.34. The number of ketones is 1. The van der Waals surface area contributed by atoms with Crippen molar-refractivity contribution in [2.75, 3.05) is 49.1 Å². The number of hydrogen-bond acceptors (Lipinski definition) is 4. The number of piperidine rings is 1. The second-order valence-electron chi connectivity index (χ2n) is 8.57. The summed E-state index contributed by atoms with van der Waals surface area (Å²) in [5.74, 6) is -0.488. The number of hydrogen-bond donors (Lipinski definition) is 0. The molecule has 2 aliphatic heterocycles. The monoisotopic (exact) mass is 423 g/mol. The molecule has 0 radical (unpaired) electrons. The van der Waals surface area contributed by atoms with Crippen molar-refractivity contribution < 1.29 is 14.0 Å². The van der Waals surface area contributed by atoms with Crippen LogP contribution in [0.1, 0.15) is 52.5 Å². The third kappa shape index (κ3) is 4.58. The van der Waals surface area contributed by atoms with E-state index in [1.165, 1.54) is 19.4 Å². The minimum absolute atomic E-state index is 0.0522. The number of nitrogens with zero attached hydrogens (tertiary/aromatic N) is 3. The Morgan fingerprint density at radius 1 is 0.806 bits per heavy atom. The third-order valence-corrected chi connectivity index (χ3v) is 6.34. The predicted molar refractivity (Wildman–Crippen MR) is 122 cm³/mol. The van der Waals surface area contributed by atoms with Crippen molar-refractivity contribution in [1.29, 1.82) is 0 Å². The molecule has 5 nitrogen and oxygen atoms in total. The van der Waals surface area contributed by atoms with Gasteiger partial charge in [-0.3, -0.25) is 9.59 Å². The maximum Gasteiger partial charge on any atom is 0.256 e. The molecular weight excluding hydrogens is 393 g/mol. The van der Waals surface area contributed by atoms with Crippen molar-refractivity contribution in [3.8, 4) is 0 Å². The average Bonchev–Trinajstić information content (AvgIpc) is 2.79. The van der Waals surface area contributed by atoms with Crippen LogP contribution >= 0.6 is 0 Å². The van der Waals surface area contributed by atoms with Crippen LogP contribution in [0.25, 0.3) is 0 Å². The largest absolute Gasteiger partial charge is 0.371 e. The van der Waals surface area contributed by atoms with E-state index in [-0.39, 0.29) is 11.7 Å². The van der Waals surface area contributed by atoms with Gasteiger partial charge in [-0.15, -0.1) is 0 Å². The summed E-state index contributed by atoms with van der Waals surface area (Å²) in [6, 6.07) is 10.8. The van der Waals surface area contributed by atoms with Crippen molar-refractivity contribution in [2.45, 2.75) is 33.1 Å². The van der Waals surface area contributed by atoms with Crippen molar-refractivity contribution in [3.05, 3.63) is 58.9 Å². The fourth-order valence-electron chi connectivity index (χ4n) is 4.53. The van der Waals surface area contributed by atoms with Gasteiger partial charge in [-0.1, -0.05) is 11.6 Å². The summed E-state index contributed by atoms with van der Waals surface area (Å²) in [6.45, 7) is 7.64. The van der Waals surface area contributed by atoms with Gasteiger partial charge in [-0.2, -0.15) is 0 Å². The zero-order valence-corrected chi connectivity index (χ0v) is 18.4. The fourth-order valence-corrected chi connectivity index (χ4v) is 4.53. The Morgan fingerprint density at radius 2 is 1.45 bits per heavy atom.